The predicted octanol–water partition coefficient (Wildman–Crippen LogP) is 16.0. The van der Waals surface area contributed by atoms with Crippen molar-refractivity contribution in [3.63, 3.8) is 0 Å². The van der Waals surface area contributed by atoms with Crippen molar-refractivity contribution in [2.75, 3.05) is 4.90 Å². The third-order valence-corrected chi connectivity index (χ3v) is 13.7. The molecule has 63 heavy (non-hydrogen) atoms. The molecule has 10 aromatic carbocycles. The minimum Gasteiger partial charge on any atom is -0.308 e. The van der Waals surface area contributed by atoms with Crippen LogP contribution in [0.4, 0.5) is 17.1 Å². The number of aromatic nitrogens is 3. The number of benzene rings is 10. The highest BCUT2D eigenvalue weighted by Crippen LogP contribution is 2.52. The monoisotopic (exact) mass is 820 g/mol. The van der Waals surface area contributed by atoms with E-state index in [1.165, 1.54) is 59.2 Å². The molecule has 0 saturated heterocycles. The highest BCUT2D eigenvalue weighted by molar-refractivity contribution is 7.99. The lowest BCUT2D eigenvalue weighted by molar-refractivity contribution is 1.01. The summed E-state index contributed by atoms with van der Waals surface area (Å²) in [6.45, 7) is 0. The fraction of sp³-hybridized carbons (Fsp3) is 0. The maximum atomic E-state index is 5.47. The Hall–Kier alpha value is -7.99. The Kier molecular flexibility index (Phi) is 8.11. The predicted molar refractivity (Wildman–Crippen MR) is 264 cm³/mol. The molecule has 0 amide bonds. The van der Waals surface area contributed by atoms with Crippen LogP contribution in [-0.2, 0) is 0 Å². The number of nitrogens with zero attached hydrogens (tertiary/aromatic N) is 4. The van der Waals surface area contributed by atoms with Gasteiger partial charge in [0.25, 0.3) is 0 Å². The van der Waals surface area contributed by atoms with Crippen molar-refractivity contribution in [3.05, 3.63) is 218 Å². The SMILES string of the molecule is c1ccc(N2c3ccccc3Sc3ccc(-c4ccc5c(c4)c4c6ccccc6ccc4n5-c4nc(-c5ccc(-c6cccc7ccccc67)cc5)c5ccccc5n4)cc32)cc1. The van der Waals surface area contributed by atoms with Gasteiger partial charge < -0.3 is 4.90 Å². The Morgan fingerprint density at radius 2 is 1.02 bits per heavy atom. The molecule has 0 radical (unpaired) electrons. The maximum Gasteiger partial charge on any atom is 0.235 e. The van der Waals surface area contributed by atoms with Crippen LogP contribution in [0.25, 0.3) is 93.7 Å². The molecule has 2 aromatic heterocycles. The highest BCUT2D eigenvalue weighted by Gasteiger charge is 2.26. The summed E-state index contributed by atoms with van der Waals surface area (Å²) in [5, 5.41) is 8.25. The van der Waals surface area contributed by atoms with Crippen molar-refractivity contribution in [1.29, 1.82) is 0 Å². The third-order valence-electron chi connectivity index (χ3n) is 12.6. The summed E-state index contributed by atoms with van der Waals surface area (Å²) in [5.74, 6) is 0.646. The average Bonchev–Trinajstić information content (AvgIpc) is 3.69. The van der Waals surface area contributed by atoms with Crippen LogP contribution >= 0.6 is 11.8 Å². The Labute approximate surface area is 368 Å². The van der Waals surface area contributed by atoms with Crippen molar-refractivity contribution in [2.24, 2.45) is 0 Å². The minimum absolute atomic E-state index is 0.646. The summed E-state index contributed by atoms with van der Waals surface area (Å²) in [5.41, 5.74) is 13.2. The molecule has 0 N–H and O–H groups in total. The van der Waals surface area contributed by atoms with E-state index in [2.05, 4.69) is 228 Å². The number of hydrogen-bond acceptors (Lipinski definition) is 4. The number of hydrogen-bond donors (Lipinski definition) is 0. The van der Waals surface area contributed by atoms with Crippen LogP contribution in [0.3, 0.4) is 0 Å². The number of anilines is 3. The quantitative estimate of drug-likeness (QED) is 0.173. The Morgan fingerprint density at radius 3 is 1.89 bits per heavy atom. The van der Waals surface area contributed by atoms with E-state index in [-0.39, 0.29) is 0 Å². The normalized spacial score (nSPS) is 12.3. The molecule has 0 atom stereocenters. The first kappa shape index (κ1) is 35.7. The molecule has 3 heterocycles. The summed E-state index contributed by atoms with van der Waals surface area (Å²) >= 11 is 1.83. The van der Waals surface area contributed by atoms with Gasteiger partial charge in [0.2, 0.25) is 5.95 Å². The summed E-state index contributed by atoms with van der Waals surface area (Å²) in [4.78, 5) is 15.7. The number of para-hydroxylation sites is 3. The van der Waals surface area contributed by atoms with Gasteiger partial charge in [-0.3, -0.25) is 4.57 Å². The molecule has 0 fully saturated rings. The average molecular weight is 821 g/mol. The fourth-order valence-corrected chi connectivity index (χ4v) is 10.7. The Balaban J connectivity index is 0.987. The van der Waals surface area contributed by atoms with Gasteiger partial charge in [0, 0.05) is 37.2 Å². The first-order valence-electron chi connectivity index (χ1n) is 21.3. The van der Waals surface area contributed by atoms with Gasteiger partial charge in [-0.2, -0.15) is 0 Å². The summed E-state index contributed by atoms with van der Waals surface area (Å²) in [6.07, 6.45) is 0. The second-order valence-electron chi connectivity index (χ2n) is 16.2. The Morgan fingerprint density at radius 1 is 0.381 bits per heavy atom. The zero-order valence-corrected chi connectivity index (χ0v) is 34.8. The molecule has 0 bridgehead atoms. The van der Waals surface area contributed by atoms with E-state index in [0.29, 0.717) is 5.95 Å². The molecule has 294 valence electrons. The maximum absolute atomic E-state index is 5.47. The topological polar surface area (TPSA) is 34.0 Å². The third kappa shape index (κ3) is 5.78. The summed E-state index contributed by atoms with van der Waals surface area (Å²) in [6, 6.07) is 78.6. The number of fused-ring (bicyclic) bond motifs is 9. The van der Waals surface area contributed by atoms with E-state index in [1.54, 1.807) is 0 Å². The molecule has 13 rings (SSSR count). The van der Waals surface area contributed by atoms with E-state index in [4.69, 9.17) is 9.97 Å². The zero-order valence-electron chi connectivity index (χ0n) is 34.0. The van der Waals surface area contributed by atoms with E-state index in [1.807, 2.05) is 11.8 Å². The summed E-state index contributed by atoms with van der Waals surface area (Å²) in [7, 11) is 0. The van der Waals surface area contributed by atoms with Gasteiger partial charge in [-0.25, -0.2) is 9.97 Å². The van der Waals surface area contributed by atoms with E-state index >= 15 is 0 Å². The second-order valence-corrected chi connectivity index (χ2v) is 17.2. The molecule has 4 nitrogen and oxygen atoms in total. The lowest BCUT2D eigenvalue weighted by Gasteiger charge is -2.33. The van der Waals surface area contributed by atoms with Gasteiger partial charge >= 0.3 is 0 Å². The van der Waals surface area contributed by atoms with Crippen LogP contribution in [0, 0.1) is 0 Å². The molecule has 0 spiro atoms. The lowest BCUT2D eigenvalue weighted by Crippen LogP contribution is -2.14. The minimum atomic E-state index is 0.646. The highest BCUT2D eigenvalue weighted by atomic mass is 32.2. The van der Waals surface area contributed by atoms with Crippen molar-refractivity contribution in [1.82, 2.24) is 14.5 Å². The molecule has 12 aromatic rings. The molecular weight excluding hydrogens is 785 g/mol. The molecule has 1 aliphatic heterocycles. The lowest BCUT2D eigenvalue weighted by atomic mass is 9.96. The van der Waals surface area contributed by atoms with Crippen molar-refractivity contribution < 1.29 is 0 Å². The van der Waals surface area contributed by atoms with Crippen LogP contribution in [0.2, 0.25) is 0 Å². The standard InChI is InChI=1S/C58H36N4S/c1-2-16-43(17-3-1)61-51-23-10-11-24-54(51)63-55-34-31-42(36-53(55)61)41-30-32-50-48(35-41)56-46-19-7-5-14-38(46)29-33-52(56)62(50)58-59-49-22-9-8-20-47(49)57(60-58)40-27-25-39(26-28-40)45-21-12-15-37-13-4-6-18-44(37)45/h1-36H. The van der Waals surface area contributed by atoms with E-state index in [9.17, 15) is 0 Å². The van der Waals surface area contributed by atoms with Crippen LogP contribution in [0.15, 0.2) is 228 Å². The van der Waals surface area contributed by atoms with Gasteiger partial charge in [-0.15, -0.1) is 0 Å². The Bertz CT molecular complexity index is 3770. The molecule has 0 unspecified atom stereocenters. The zero-order chi connectivity index (χ0) is 41.4. The van der Waals surface area contributed by atoms with Crippen LogP contribution in [0.1, 0.15) is 0 Å². The van der Waals surface area contributed by atoms with Gasteiger partial charge in [-0.1, -0.05) is 169 Å². The molecule has 5 heteroatoms. The fourth-order valence-electron chi connectivity index (χ4n) is 9.64. The van der Waals surface area contributed by atoms with Gasteiger partial charge in [0.1, 0.15) is 0 Å². The van der Waals surface area contributed by atoms with E-state index in [0.717, 1.165) is 55.4 Å². The largest absolute Gasteiger partial charge is 0.308 e. The van der Waals surface area contributed by atoms with Crippen molar-refractivity contribution in [3.8, 4) is 39.5 Å². The second kappa shape index (κ2) is 14.3. The van der Waals surface area contributed by atoms with Crippen molar-refractivity contribution >= 4 is 83.1 Å². The molecule has 0 saturated carbocycles. The smallest absolute Gasteiger partial charge is 0.235 e. The first-order chi connectivity index (χ1) is 31.2. The van der Waals surface area contributed by atoms with Crippen LogP contribution in [-0.4, -0.2) is 14.5 Å². The summed E-state index contributed by atoms with van der Waals surface area (Å²) < 4.78 is 2.26. The van der Waals surface area contributed by atoms with E-state index < -0.39 is 0 Å². The van der Waals surface area contributed by atoms with Gasteiger partial charge in [-0.05, 0) is 104 Å². The van der Waals surface area contributed by atoms with Gasteiger partial charge in [0.05, 0.1) is 33.6 Å². The van der Waals surface area contributed by atoms with Crippen LogP contribution < -0.4 is 4.90 Å². The molecule has 0 aliphatic carbocycles. The van der Waals surface area contributed by atoms with Crippen molar-refractivity contribution in [2.45, 2.75) is 9.79 Å². The van der Waals surface area contributed by atoms with Crippen LogP contribution in [0.5, 0.6) is 0 Å². The van der Waals surface area contributed by atoms with Gasteiger partial charge in [0.15, 0.2) is 0 Å². The molecular formula is C58H36N4S. The molecule has 1 aliphatic rings. The first-order valence-corrected chi connectivity index (χ1v) is 22.1. The number of rotatable bonds is 5.